The fourth-order valence-corrected chi connectivity index (χ4v) is 5.56. The summed E-state index contributed by atoms with van der Waals surface area (Å²) in [5, 5.41) is 8.19. The van der Waals surface area contributed by atoms with E-state index in [1.807, 2.05) is 67.7 Å². The molecule has 1 aliphatic heterocycles. The lowest BCUT2D eigenvalue weighted by Crippen LogP contribution is -2.32. The summed E-state index contributed by atoms with van der Waals surface area (Å²) >= 11 is 7.73. The summed E-state index contributed by atoms with van der Waals surface area (Å²) in [5.41, 5.74) is 3.97. The average Bonchev–Trinajstić information content (AvgIpc) is 3.18. The van der Waals surface area contributed by atoms with Gasteiger partial charge in [0, 0.05) is 34.1 Å². The molecule has 32 heavy (non-hydrogen) atoms. The second-order valence-corrected chi connectivity index (χ2v) is 8.91. The Morgan fingerprint density at radius 1 is 1.09 bits per heavy atom. The summed E-state index contributed by atoms with van der Waals surface area (Å²) in [6.45, 7) is 0.589. The average molecular weight is 465 g/mol. The van der Waals surface area contributed by atoms with E-state index in [0.29, 0.717) is 16.5 Å². The summed E-state index contributed by atoms with van der Waals surface area (Å²) < 4.78 is 6.80. The molecule has 164 valence electrons. The van der Waals surface area contributed by atoms with Crippen LogP contribution >= 0.6 is 22.9 Å². The molecule has 0 unspecified atom stereocenters. The molecule has 2 heterocycles. The predicted octanol–water partition coefficient (Wildman–Crippen LogP) is 7.15. The van der Waals surface area contributed by atoms with Gasteiger partial charge in [0.25, 0.3) is 5.91 Å². The lowest BCUT2D eigenvalue weighted by Gasteiger charge is -2.26. The minimum Gasteiger partial charge on any atom is -0.493 e. The van der Waals surface area contributed by atoms with Gasteiger partial charge in [0.15, 0.2) is 0 Å². The van der Waals surface area contributed by atoms with E-state index in [-0.39, 0.29) is 19.4 Å². The third kappa shape index (κ3) is 3.94. The van der Waals surface area contributed by atoms with Gasteiger partial charge >= 0.3 is 0 Å². The number of amides is 1. The van der Waals surface area contributed by atoms with Gasteiger partial charge in [0.1, 0.15) is 10.6 Å². The number of benzene rings is 3. The molecule has 0 bridgehead atoms. The molecule has 1 aromatic heterocycles. The van der Waals surface area contributed by atoms with Crippen LogP contribution in [0.2, 0.25) is 5.02 Å². The van der Waals surface area contributed by atoms with Crippen molar-refractivity contribution in [1.29, 1.82) is 0 Å². The van der Waals surface area contributed by atoms with Crippen LogP contribution in [0.15, 0.2) is 66.7 Å². The third-order valence-corrected chi connectivity index (χ3v) is 7.04. The monoisotopic (exact) mass is 464 g/mol. The highest BCUT2D eigenvalue weighted by molar-refractivity contribution is 7.22. The Morgan fingerprint density at radius 3 is 2.72 bits per heavy atom. The molecule has 3 aromatic carbocycles. The first-order valence-electron chi connectivity index (χ1n) is 10.2. The third-order valence-electron chi connectivity index (χ3n) is 5.57. The molecule has 5 rings (SSSR count). The fraction of sp³-hybridized carbons (Fsp3) is 0.192. The van der Waals surface area contributed by atoms with Crippen LogP contribution < -0.4 is 15.4 Å². The van der Waals surface area contributed by atoms with Gasteiger partial charge in [-0.3, -0.25) is 4.79 Å². The Morgan fingerprint density at radius 2 is 1.91 bits per heavy atom. The van der Waals surface area contributed by atoms with Gasteiger partial charge in [0.2, 0.25) is 0 Å². The largest absolute Gasteiger partial charge is 0.493 e. The van der Waals surface area contributed by atoms with Crippen molar-refractivity contribution in [2.45, 2.75) is 19.9 Å². The second-order valence-electron chi connectivity index (χ2n) is 7.45. The molecule has 2 N–H and O–H groups in total. The smallest absolute Gasteiger partial charge is 0.264 e. The molecule has 0 fully saturated rings. The van der Waals surface area contributed by atoms with Crippen LogP contribution in [0, 0.1) is 0 Å². The van der Waals surface area contributed by atoms with Crippen LogP contribution in [-0.4, -0.2) is 19.6 Å². The lowest BCUT2D eigenvalue weighted by molar-refractivity contribution is 0.0929. The molecular weight excluding hydrogens is 440 g/mol. The summed E-state index contributed by atoms with van der Waals surface area (Å²) in [5.74, 6) is 0.761. The highest BCUT2D eigenvalue weighted by atomic mass is 35.5. The number of carbonyl (C=O) groups excluding carboxylic acids is 1. The molecule has 0 saturated heterocycles. The molecule has 4 nitrogen and oxygen atoms in total. The number of ether oxygens (including phenoxy) is 1. The van der Waals surface area contributed by atoms with Crippen LogP contribution in [0.5, 0.6) is 5.75 Å². The summed E-state index contributed by atoms with van der Waals surface area (Å²) in [6.07, 6.45) is 0.746. The van der Waals surface area contributed by atoms with E-state index in [2.05, 4.69) is 16.7 Å². The molecule has 0 radical (unpaired) electrons. The van der Waals surface area contributed by atoms with Gasteiger partial charge in [-0.2, -0.15) is 0 Å². The number of rotatable bonds is 4. The number of hydrogen-bond donors (Lipinski definition) is 2. The van der Waals surface area contributed by atoms with Crippen molar-refractivity contribution in [3.8, 4) is 16.9 Å². The Balaban J connectivity index is 0.00000245. The standard InChI is InChI=1S/C25H21ClN2O2S.CH4/c1-27-22-19-10-5-9-17(15-6-4-7-16(26)14-15)23(19)31-24(22)25(29)28-20-12-13-30-21-11-3-2-8-18(20)21;/h2-11,14,20,27H,12-13H2,1H3,(H,28,29);1H4/t20-;/m0./s1. The van der Waals surface area contributed by atoms with E-state index in [0.717, 1.165) is 44.6 Å². The first-order chi connectivity index (χ1) is 15.2. The normalized spacial score (nSPS) is 14.8. The van der Waals surface area contributed by atoms with Gasteiger partial charge in [-0.05, 0) is 29.3 Å². The van der Waals surface area contributed by atoms with Crippen LogP contribution in [0.4, 0.5) is 5.69 Å². The summed E-state index contributed by atoms with van der Waals surface area (Å²) in [6, 6.07) is 21.8. The topological polar surface area (TPSA) is 50.4 Å². The maximum Gasteiger partial charge on any atom is 0.264 e. The zero-order valence-corrected chi connectivity index (χ0v) is 18.5. The van der Waals surface area contributed by atoms with E-state index in [4.69, 9.17) is 16.3 Å². The van der Waals surface area contributed by atoms with E-state index in [1.54, 1.807) is 0 Å². The number of anilines is 1. The van der Waals surface area contributed by atoms with Crippen molar-refractivity contribution >= 4 is 44.6 Å². The minimum absolute atomic E-state index is 0. The van der Waals surface area contributed by atoms with Gasteiger partial charge in [-0.25, -0.2) is 0 Å². The Bertz CT molecular complexity index is 1280. The van der Waals surface area contributed by atoms with Crippen LogP contribution in [0.1, 0.15) is 35.1 Å². The van der Waals surface area contributed by atoms with Crippen molar-refractivity contribution in [3.05, 3.63) is 82.2 Å². The number of carbonyl (C=O) groups is 1. The van der Waals surface area contributed by atoms with Crippen molar-refractivity contribution in [2.24, 2.45) is 0 Å². The van der Waals surface area contributed by atoms with E-state index in [1.165, 1.54) is 11.3 Å². The summed E-state index contributed by atoms with van der Waals surface area (Å²) in [4.78, 5) is 14.0. The van der Waals surface area contributed by atoms with Gasteiger partial charge < -0.3 is 15.4 Å². The Labute approximate surface area is 197 Å². The van der Waals surface area contributed by atoms with Crippen molar-refractivity contribution in [1.82, 2.24) is 5.32 Å². The van der Waals surface area contributed by atoms with Crippen LogP contribution in [0.25, 0.3) is 21.2 Å². The summed E-state index contributed by atoms with van der Waals surface area (Å²) in [7, 11) is 1.86. The second kappa shape index (κ2) is 9.23. The predicted molar refractivity (Wildman–Crippen MR) is 135 cm³/mol. The molecular formula is C26H25ClN2O2S. The fourth-order valence-electron chi connectivity index (χ4n) is 4.13. The Kier molecular flexibility index (Phi) is 6.40. The first-order valence-corrected chi connectivity index (χ1v) is 11.4. The molecule has 6 heteroatoms. The quantitative estimate of drug-likeness (QED) is 0.337. The number of thiophene rings is 1. The highest BCUT2D eigenvalue weighted by Gasteiger charge is 2.26. The number of fused-ring (bicyclic) bond motifs is 2. The number of hydrogen-bond acceptors (Lipinski definition) is 4. The zero-order valence-electron chi connectivity index (χ0n) is 16.9. The molecule has 4 aromatic rings. The maximum atomic E-state index is 13.4. The maximum absolute atomic E-state index is 13.4. The Hall–Kier alpha value is -3.02. The van der Waals surface area contributed by atoms with Crippen molar-refractivity contribution < 1.29 is 9.53 Å². The van der Waals surface area contributed by atoms with Gasteiger partial charge in [0.05, 0.1) is 18.3 Å². The van der Waals surface area contributed by atoms with Crippen LogP contribution in [0.3, 0.4) is 0 Å². The van der Waals surface area contributed by atoms with E-state index >= 15 is 0 Å². The molecule has 0 aliphatic carbocycles. The zero-order chi connectivity index (χ0) is 21.4. The number of nitrogens with one attached hydrogen (secondary N) is 2. The van der Waals surface area contributed by atoms with Gasteiger partial charge in [-0.1, -0.05) is 67.6 Å². The first kappa shape index (κ1) is 22.2. The van der Waals surface area contributed by atoms with Crippen molar-refractivity contribution in [3.63, 3.8) is 0 Å². The lowest BCUT2D eigenvalue weighted by atomic mass is 10.0. The highest BCUT2D eigenvalue weighted by Crippen LogP contribution is 2.42. The SMILES string of the molecule is C.CNc1c(C(=O)N[C@H]2CCOc3ccccc32)sc2c(-c3cccc(Cl)c3)cccc12. The molecule has 0 saturated carbocycles. The van der Waals surface area contributed by atoms with Crippen molar-refractivity contribution in [2.75, 3.05) is 19.0 Å². The van der Waals surface area contributed by atoms with Gasteiger partial charge in [-0.15, -0.1) is 11.3 Å². The molecule has 1 amide bonds. The molecule has 1 atom stereocenters. The number of halogens is 1. The minimum atomic E-state index is -0.0794. The molecule has 1 aliphatic rings. The molecule has 0 spiro atoms. The number of para-hydroxylation sites is 1. The van der Waals surface area contributed by atoms with E-state index in [9.17, 15) is 4.79 Å². The van der Waals surface area contributed by atoms with Crippen LogP contribution in [-0.2, 0) is 0 Å². The van der Waals surface area contributed by atoms with E-state index < -0.39 is 0 Å².